The van der Waals surface area contributed by atoms with Crippen molar-refractivity contribution in [2.45, 2.75) is 64.1 Å². The Kier molecular flexibility index (Phi) is 4.53. The van der Waals surface area contributed by atoms with Gasteiger partial charge in [0.1, 0.15) is 0 Å². The lowest BCUT2D eigenvalue weighted by molar-refractivity contribution is -0.00776. The summed E-state index contributed by atoms with van der Waals surface area (Å²) in [6, 6.07) is 2.29. The average Bonchev–Trinajstić information content (AvgIpc) is 3.26. The predicted octanol–water partition coefficient (Wildman–Crippen LogP) is 4.64. The molecule has 0 radical (unpaired) electrons. The fraction of sp³-hybridized carbons (Fsp3) is 0.765. The summed E-state index contributed by atoms with van der Waals surface area (Å²) in [5.41, 5.74) is 0.646. The standard InChI is InChI=1S/C17H27BrN2S/c1-4-17(5-2)12-20(9-15-8-14(18)10-21-15)16(3,11-19-17)13-6-7-13/h8,10,13,19H,4-7,9,11-12H2,1-3H3. The highest BCUT2D eigenvalue weighted by molar-refractivity contribution is 9.10. The third-order valence-electron chi connectivity index (χ3n) is 5.82. The summed E-state index contributed by atoms with van der Waals surface area (Å²) in [5, 5.41) is 6.12. The second-order valence-corrected chi connectivity index (χ2v) is 8.97. The zero-order valence-corrected chi connectivity index (χ0v) is 15.8. The Balaban J connectivity index is 1.82. The quantitative estimate of drug-likeness (QED) is 0.811. The first-order valence-electron chi connectivity index (χ1n) is 8.24. The van der Waals surface area contributed by atoms with E-state index in [-0.39, 0.29) is 0 Å². The van der Waals surface area contributed by atoms with E-state index in [1.807, 2.05) is 11.3 Å². The number of halogens is 1. The molecule has 1 aromatic rings. The molecule has 1 aliphatic heterocycles. The van der Waals surface area contributed by atoms with Crippen LogP contribution in [0.4, 0.5) is 0 Å². The highest BCUT2D eigenvalue weighted by atomic mass is 79.9. The fourth-order valence-corrected chi connectivity index (χ4v) is 5.24. The van der Waals surface area contributed by atoms with Gasteiger partial charge >= 0.3 is 0 Å². The first-order chi connectivity index (χ1) is 10.0. The van der Waals surface area contributed by atoms with Gasteiger partial charge in [0, 0.05) is 45.4 Å². The van der Waals surface area contributed by atoms with Crippen LogP contribution in [0.25, 0.3) is 0 Å². The maximum atomic E-state index is 3.92. The van der Waals surface area contributed by atoms with Crippen LogP contribution in [-0.4, -0.2) is 29.1 Å². The topological polar surface area (TPSA) is 15.3 Å². The molecule has 2 fully saturated rings. The summed E-state index contributed by atoms with van der Waals surface area (Å²) in [5.74, 6) is 0.889. The maximum Gasteiger partial charge on any atom is 0.0338 e. The number of thiophene rings is 1. The van der Waals surface area contributed by atoms with E-state index < -0.39 is 0 Å². The van der Waals surface area contributed by atoms with Crippen molar-refractivity contribution in [2.24, 2.45) is 5.92 Å². The molecule has 21 heavy (non-hydrogen) atoms. The molecular formula is C17H27BrN2S. The van der Waals surface area contributed by atoms with Crippen molar-refractivity contribution in [2.75, 3.05) is 13.1 Å². The Morgan fingerprint density at radius 2 is 2.10 bits per heavy atom. The van der Waals surface area contributed by atoms with E-state index >= 15 is 0 Å². The lowest BCUT2D eigenvalue weighted by Gasteiger charge is -2.53. The van der Waals surface area contributed by atoms with E-state index in [9.17, 15) is 0 Å². The summed E-state index contributed by atoms with van der Waals surface area (Å²) >= 11 is 5.48. The van der Waals surface area contributed by atoms with Gasteiger partial charge in [-0.1, -0.05) is 13.8 Å². The van der Waals surface area contributed by atoms with Gasteiger partial charge < -0.3 is 5.32 Å². The second-order valence-electron chi connectivity index (χ2n) is 7.06. The highest BCUT2D eigenvalue weighted by Gasteiger charge is 2.50. The minimum absolute atomic E-state index is 0.308. The number of nitrogens with zero attached hydrogens (tertiary/aromatic N) is 1. The van der Waals surface area contributed by atoms with E-state index in [4.69, 9.17) is 0 Å². The molecule has 1 aromatic heterocycles. The van der Waals surface area contributed by atoms with E-state index in [2.05, 4.69) is 58.4 Å². The third-order valence-corrected chi connectivity index (χ3v) is 7.50. The van der Waals surface area contributed by atoms with Gasteiger partial charge in [0.05, 0.1) is 0 Å². The van der Waals surface area contributed by atoms with Crippen LogP contribution in [-0.2, 0) is 6.54 Å². The summed E-state index contributed by atoms with van der Waals surface area (Å²) in [6.45, 7) is 10.6. The van der Waals surface area contributed by atoms with Gasteiger partial charge in [-0.15, -0.1) is 11.3 Å². The molecule has 1 unspecified atom stereocenters. The van der Waals surface area contributed by atoms with Gasteiger partial charge in [0.2, 0.25) is 0 Å². The smallest absolute Gasteiger partial charge is 0.0338 e. The van der Waals surface area contributed by atoms with Crippen LogP contribution in [0.3, 0.4) is 0 Å². The van der Waals surface area contributed by atoms with Gasteiger partial charge in [0.15, 0.2) is 0 Å². The van der Waals surface area contributed by atoms with Crippen LogP contribution in [0.2, 0.25) is 0 Å². The predicted molar refractivity (Wildman–Crippen MR) is 94.9 cm³/mol. The molecule has 2 aliphatic rings. The van der Waals surface area contributed by atoms with E-state index in [1.165, 1.54) is 41.6 Å². The van der Waals surface area contributed by atoms with E-state index in [0.29, 0.717) is 11.1 Å². The van der Waals surface area contributed by atoms with Crippen molar-refractivity contribution >= 4 is 27.3 Å². The molecule has 1 atom stereocenters. The van der Waals surface area contributed by atoms with Crippen LogP contribution in [0.1, 0.15) is 51.3 Å². The van der Waals surface area contributed by atoms with Crippen molar-refractivity contribution in [3.05, 3.63) is 20.8 Å². The number of hydrogen-bond donors (Lipinski definition) is 1. The molecule has 1 N–H and O–H groups in total. The highest BCUT2D eigenvalue weighted by Crippen LogP contribution is 2.46. The second kappa shape index (κ2) is 5.95. The number of piperazine rings is 1. The van der Waals surface area contributed by atoms with Crippen LogP contribution >= 0.6 is 27.3 Å². The fourth-order valence-electron chi connectivity index (χ4n) is 3.77. The number of rotatable bonds is 5. The maximum absolute atomic E-state index is 3.92. The largest absolute Gasteiger partial charge is 0.308 e. The van der Waals surface area contributed by atoms with Gasteiger partial charge in [-0.2, -0.15) is 0 Å². The lowest BCUT2D eigenvalue weighted by atomic mass is 9.82. The Hall–Kier alpha value is 0.1000. The van der Waals surface area contributed by atoms with Crippen molar-refractivity contribution < 1.29 is 0 Å². The molecule has 1 aliphatic carbocycles. The monoisotopic (exact) mass is 370 g/mol. The van der Waals surface area contributed by atoms with Crippen molar-refractivity contribution in [1.82, 2.24) is 10.2 Å². The van der Waals surface area contributed by atoms with Crippen LogP contribution in [0.15, 0.2) is 15.9 Å². The molecular weight excluding hydrogens is 344 g/mol. The summed E-state index contributed by atoms with van der Waals surface area (Å²) in [4.78, 5) is 4.27. The van der Waals surface area contributed by atoms with Crippen LogP contribution in [0.5, 0.6) is 0 Å². The Morgan fingerprint density at radius 3 is 2.62 bits per heavy atom. The molecule has 0 spiro atoms. The van der Waals surface area contributed by atoms with E-state index in [0.717, 1.165) is 19.0 Å². The summed E-state index contributed by atoms with van der Waals surface area (Å²) in [7, 11) is 0. The minimum atomic E-state index is 0.308. The Morgan fingerprint density at radius 1 is 1.38 bits per heavy atom. The summed E-state index contributed by atoms with van der Waals surface area (Å²) in [6.07, 6.45) is 5.26. The van der Waals surface area contributed by atoms with Crippen molar-refractivity contribution in [3.63, 3.8) is 0 Å². The Bertz CT molecular complexity index is 493. The first-order valence-corrected chi connectivity index (χ1v) is 9.91. The lowest BCUT2D eigenvalue weighted by Crippen LogP contribution is -2.69. The minimum Gasteiger partial charge on any atom is -0.308 e. The zero-order valence-electron chi connectivity index (χ0n) is 13.4. The normalized spacial score (nSPS) is 29.7. The molecule has 1 saturated carbocycles. The molecule has 0 amide bonds. The summed E-state index contributed by atoms with van der Waals surface area (Å²) < 4.78 is 1.23. The average molecular weight is 371 g/mol. The molecule has 118 valence electrons. The molecule has 2 nitrogen and oxygen atoms in total. The van der Waals surface area contributed by atoms with Crippen molar-refractivity contribution in [3.8, 4) is 0 Å². The van der Waals surface area contributed by atoms with Crippen LogP contribution in [0, 0.1) is 5.92 Å². The molecule has 3 rings (SSSR count). The van der Waals surface area contributed by atoms with Gasteiger partial charge in [-0.3, -0.25) is 4.90 Å². The molecule has 1 saturated heterocycles. The van der Waals surface area contributed by atoms with E-state index in [1.54, 1.807) is 0 Å². The zero-order chi connectivity index (χ0) is 15.1. The van der Waals surface area contributed by atoms with Crippen LogP contribution < -0.4 is 5.32 Å². The Labute approximate surface area is 141 Å². The molecule has 0 bridgehead atoms. The molecule has 2 heterocycles. The number of nitrogens with one attached hydrogen (secondary N) is 1. The SMILES string of the molecule is CCC1(CC)CN(Cc2cc(Br)cs2)C(C)(C2CC2)CN1. The first kappa shape index (κ1) is 16.0. The van der Waals surface area contributed by atoms with Gasteiger partial charge in [-0.05, 0) is 60.5 Å². The van der Waals surface area contributed by atoms with Gasteiger partial charge in [-0.25, -0.2) is 0 Å². The van der Waals surface area contributed by atoms with Crippen molar-refractivity contribution in [1.29, 1.82) is 0 Å². The third kappa shape index (κ3) is 3.10. The molecule has 0 aromatic carbocycles. The molecule has 4 heteroatoms. The van der Waals surface area contributed by atoms with Gasteiger partial charge in [0.25, 0.3) is 0 Å². The number of hydrogen-bond acceptors (Lipinski definition) is 3.